The van der Waals surface area contributed by atoms with Gasteiger partial charge in [-0.05, 0) is 41.1 Å². The Morgan fingerprint density at radius 2 is 1.88 bits per heavy atom. The van der Waals surface area contributed by atoms with Crippen molar-refractivity contribution in [3.8, 4) is 28.8 Å². The first-order chi connectivity index (χ1) is 19.4. The lowest BCUT2D eigenvalue weighted by atomic mass is 10.2. The van der Waals surface area contributed by atoms with E-state index in [0.717, 1.165) is 6.20 Å². The zero-order valence-electron chi connectivity index (χ0n) is 20.8. The molecule has 10 nitrogen and oxygen atoms in total. The Balaban J connectivity index is 1.59. The molecule has 0 spiro atoms. The Morgan fingerprint density at radius 1 is 1.12 bits per heavy atom. The number of benzene rings is 3. The highest BCUT2D eigenvalue weighted by molar-refractivity contribution is 9.10. The average Bonchev–Trinajstić information content (AvgIpc) is 2.97. The summed E-state index contributed by atoms with van der Waals surface area (Å²) in [7, 11) is 0. The number of hydrogen-bond donors (Lipinski definition) is 0. The molecule has 0 N–H and O–H groups in total. The number of halogens is 2. The largest absolute Gasteiger partial charge is 0.490 e. The molecule has 0 aliphatic rings. The van der Waals surface area contributed by atoms with Crippen LogP contribution < -0.4 is 15.0 Å². The molecule has 40 heavy (non-hydrogen) atoms. The zero-order chi connectivity index (χ0) is 28.2. The van der Waals surface area contributed by atoms with E-state index in [1.54, 1.807) is 31.2 Å². The van der Waals surface area contributed by atoms with Crippen molar-refractivity contribution in [2.75, 3.05) is 6.61 Å². The number of aromatic nitrogens is 3. The molecule has 0 bridgehead atoms. The highest BCUT2D eigenvalue weighted by Crippen LogP contribution is 2.44. The molecule has 3 aromatic carbocycles. The number of rotatable bonds is 8. The smallest absolute Gasteiger partial charge is 0.287 e. The van der Waals surface area contributed by atoms with E-state index < -0.39 is 4.92 Å². The Morgan fingerprint density at radius 3 is 2.58 bits per heavy atom. The normalized spacial score (nSPS) is 11.2. The van der Waals surface area contributed by atoms with Gasteiger partial charge in [-0.25, -0.2) is 9.97 Å². The van der Waals surface area contributed by atoms with E-state index in [-0.39, 0.29) is 33.6 Å². The third-order valence-corrected chi connectivity index (χ3v) is 7.14. The van der Waals surface area contributed by atoms with Crippen LogP contribution in [0, 0.1) is 10.1 Å². The maximum Gasteiger partial charge on any atom is 0.287 e. The van der Waals surface area contributed by atoms with Crippen LogP contribution in [0.25, 0.3) is 22.3 Å². The van der Waals surface area contributed by atoms with Crippen LogP contribution in [0.1, 0.15) is 12.5 Å². The number of fused-ring (bicyclic) bond motifs is 1. The molecule has 0 fully saturated rings. The molecule has 200 valence electrons. The van der Waals surface area contributed by atoms with Crippen molar-refractivity contribution in [2.24, 2.45) is 5.10 Å². The van der Waals surface area contributed by atoms with E-state index in [0.29, 0.717) is 38.9 Å². The highest BCUT2D eigenvalue weighted by Gasteiger charge is 2.20. The third kappa shape index (κ3) is 5.42. The Kier molecular flexibility index (Phi) is 7.85. The first-order valence-corrected chi connectivity index (χ1v) is 13.1. The van der Waals surface area contributed by atoms with Gasteiger partial charge >= 0.3 is 0 Å². The fourth-order valence-electron chi connectivity index (χ4n) is 3.83. The first-order valence-electron chi connectivity index (χ1n) is 11.9. The SMILES string of the molecule is CCOc1cc(C=Nn2c(-c3ccccc3)nc3ccccc3c2=O)c(Br)c(Cl)c1Oc1ccc([N+](=O)[O-])cn1. The molecule has 2 aromatic heterocycles. The maximum atomic E-state index is 13.5. The summed E-state index contributed by atoms with van der Waals surface area (Å²) in [5.74, 6) is 0.896. The second-order valence-corrected chi connectivity index (χ2v) is 9.42. The van der Waals surface area contributed by atoms with Crippen LogP contribution in [0.2, 0.25) is 5.02 Å². The lowest BCUT2D eigenvalue weighted by Crippen LogP contribution is -2.20. The van der Waals surface area contributed by atoms with Crippen LogP contribution in [-0.4, -0.2) is 32.4 Å². The van der Waals surface area contributed by atoms with Gasteiger partial charge in [0.15, 0.2) is 17.3 Å². The van der Waals surface area contributed by atoms with Gasteiger partial charge in [0.2, 0.25) is 5.88 Å². The first kappa shape index (κ1) is 27.0. The van der Waals surface area contributed by atoms with E-state index in [2.05, 4.69) is 26.0 Å². The van der Waals surface area contributed by atoms with Gasteiger partial charge in [0.25, 0.3) is 11.2 Å². The van der Waals surface area contributed by atoms with E-state index in [4.69, 9.17) is 26.1 Å². The van der Waals surface area contributed by atoms with Gasteiger partial charge in [-0.3, -0.25) is 14.9 Å². The van der Waals surface area contributed by atoms with Crippen molar-refractivity contribution in [1.82, 2.24) is 14.6 Å². The molecule has 5 aromatic rings. The summed E-state index contributed by atoms with van der Waals surface area (Å²) in [6.07, 6.45) is 2.55. The van der Waals surface area contributed by atoms with Crippen molar-refractivity contribution in [3.63, 3.8) is 0 Å². The van der Waals surface area contributed by atoms with Crippen molar-refractivity contribution >= 4 is 50.3 Å². The Hall–Kier alpha value is -4.61. The molecule has 0 aliphatic carbocycles. The van der Waals surface area contributed by atoms with Gasteiger partial charge in [-0.2, -0.15) is 9.78 Å². The second kappa shape index (κ2) is 11.6. The molecular formula is C28H19BrClN5O5. The topological polar surface area (TPSA) is 122 Å². The van der Waals surface area contributed by atoms with E-state index in [1.807, 2.05) is 36.4 Å². The quantitative estimate of drug-likeness (QED) is 0.106. The van der Waals surface area contributed by atoms with Crippen molar-refractivity contribution in [3.05, 3.63) is 115 Å². The molecule has 12 heteroatoms. The minimum absolute atomic E-state index is 0.0862. The minimum Gasteiger partial charge on any atom is -0.490 e. The Labute approximate surface area is 240 Å². The molecule has 0 amide bonds. The number of nitro groups is 1. The van der Waals surface area contributed by atoms with E-state index in [1.165, 1.54) is 23.0 Å². The van der Waals surface area contributed by atoms with Crippen molar-refractivity contribution in [2.45, 2.75) is 6.92 Å². The highest BCUT2D eigenvalue weighted by atomic mass is 79.9. The lowest BCUT2D eigenvalue weighted by molar-refractivity contribution is -0.385. The average molecular weight is 621 g/mol. The standard InChI is InChI=1S/C28H19BrClN5O5/c1-2-39-22-14-18(24(29)25(30)26(22)40-23-13-12-19(16-31-23)35(37)38)15-32-34-27(17-8-4-3-5-9-17)33-21-11-7-6-10-20(21)28(34)36/h3-16H,2H2,1H3. The number of hydrogen-bond acceptors (Lipinski definition) is 8. The third-order valence-electron chi connectivity index (χ3n) is 5.69. The summed E-state index contributed by atoms with van der Waals surface area (Å²) in [5.41, 5.74) is 1.26. The fourth-order valence-corrected chi connectivity index (χ4v) is 4.46. The number of pyridine rings is 1. The van der Waals surface area contributed by atoms with Gasteiger partial charge in [-0.15, -0.1) is 0 Å². The Bertz CT molecular complexity index is 1810. The van der Waals surface area contributed by atoms with Gasteiger partial charge in [-0.1, -0.05) is 54.1 Å². The molecule has 0 radical (unpaired) electrons. The fraction of sp³-hybridized carbons (Fsp3) is 0.0714. The summed E-state index contributed by atoms with van der Waals surface area (Å²) in [5, 5.41) is 16.0. The van der Waals surface area contributed by atoms with Crippen LogP contribution in [0.5, 0.6) is 17.4 Å². The zero-order valence-corrected chi connectivity index (χ0v) is 23.2. The van der Waals surface area contributed by atoms with E-state index in [9.17, 15) is 14.9 Å². The maximum absolute atomic E-state index is 13.5. The predicted octanol–water partition coefficient (Wildman–Crippen LogP) is 6.86. The number of para-hydroxylation sites is 1. The van der Waals surface area contributed by atoms with Gasteiger partial charge in [0.1, 0.15) is 11.2 Å². The van der Waals surface area contributed by atoms with Gasteiger partial charge in [0.05, 0.1) is 28.6 Å². The second-order valence-electron chi connectivity index (χ2n) is 8.25. The molecular weight excluding hydrogens is 602 g/mol. The monoisotopic (exact) mass is 619 g/mol. The molecule has 0 saturated carbocycles. The summed E-state index contributed by atoms with van der Waals surface area (Å²) < 4.78 is 13.3. The van der Waals surface area contributed by atoms with Crippen LogP contribution >= 0.6 is 27.5 Å². The number of nitrogens with zero attached hydrogens (tertiary/aromatic N) is 5. The van der Waals surface area contributed by atoms with Crippen LogP contribution in [0.15, 0.2) is 93.4 Å². The van der Waals surface area contributed by atoms with Crippen LogP contribution in [0.4, 0.5) is 5.69 Å². The summed E-state index contributed by atoms with van der Waals surface area (Å²) >= 11 is 10.1. The molecule has 0 aliphatic heterocycles. The molecule has 0 saturated heterocycles. The molecule has 5 rings (SSSR count). The predicted molar refractivity (Wildman–Crippen MR) is 156 cm³/mol. The van der Waals surface area contributed by atoms with E-state index >= 15 is 0 Å². The summed E-state index contributed by atoms with van der Waals surface area (Å²) in [6, 6.07) is 20.6. The summed E-state index contributed by atoms with van der Waals surface area (Å²) in [4.78, 5) is 32.5. The molecule has 0 unspecified atom stereocenters. The number of ether oxygens (including phenoxy) is 2. The van der Waals surface area contributed by atoms with Crippen molar-refractivity contribution in [1.29, 1.82) is 0 Å². The summed E-state index contributed by atoms with van der Waals surface area (Å²) in [6.45, 7) is 2.09. The van der Waals surface area contributed by atoms with Crippen LogP contribution in [0.3, 0.4) is 0 Å². The van der Waals surface area contributed by atoms with Gasteiger partial charge in [0, 0.05) is 27.7 Å². The van der Waals surface area contributed by atoms with Gasteiger partial charge < -0.3 is 9.47 Å². The molecule has 0 atom stereocenters. The van der Waals surface area contributed by atoms with Crippen LogP contribution in [-0.2, 0) is 0 Å². The minimum atomic E-state index is -0.556. The van der Waals surface area contributed by atoms with Crippen molar-refractivity contribution < 1.29 is 14.4 Å². The molecule has 2 heterocycles. The lowest BCUT2D eigenvalue weighted by Gasteiger charge is -2.15.